The Morgan fingerprint density at radius 3 is 2.33 bits per heavy atom. The van der Waals surface area contributed by atoms with E-state index in [1.54, 1.807) is 0 Å². The molecule has 3 nitrogen and oxygen atoms in total. The van der Waals surface area contributed by atoms with Crippen molar-refractivity contribution in [2.75, 3.05) is 0 Å². The molecule has 0 atom stereocenters. The first-order valence-corrected chi connectivity index (χ1v) is 11.7. The minimum atomic E-state index is 0.806. The topological polar surface area (TPSA) is 27.1 Å². The van der Waals surface area contributed by atoms with Gasteiger partial charge in [0.15, 0.2) is 0 Å². The van der Waals surface area contributed by atoms with Gasteiger partial charge in [-0.15, -0.1) is 11.3 Å². The van der Waals surface area contributed by atoms with E-state index >= 15 is 0 Å². The number of para-hydroxylation sites is 2. The Balaban J connectivity index is 1.51. The zero-order valence-electron chi connectivity index (χ0n) is 17.6. The van der Waals surface area contributed by atoms with Gasteiger partial charge >= 0.3 is 0 Å². The van der Waals surface area contributed by atoms with Gasteiger partial charge in [0.05, 0.1) is 27.4 Å². The molecule has 0 amide bonds. The lowest BCUT2D eigenvalue weighted by Crippen LogP contribution is -1.95. The van der Waals surface area contributed by atoms with Crippen LogP contribution in [0.4, 0.5) is 0 Å². The number of hydrogen-bond donors (Lipinski definition) is 0. The molecule has 0 aliphatic rings. The zero-order chi connectivity index (χ0) is 21.8. The first-order chi connectivity index (χ1) is 16.4. The smallest absolute Gasteiger partial charge is 0.129 e. The van der Waals surface area contributed by atoms with E-state index < -0.39 is 0 Å². The Bertz CT molecular complexity index is 1800. The van der Waals surface area contributed by atoms with Crippen molar-refractivity contribution in [3.8, 4) is 17.2 Å². The molecule has 4 aromatic carbocycles. The van der Waals surface area contributed by atoms with Crippen molar-refractivity contribution in [1.82, 2.24) is 9.55 Å². The van der Waals surface area contributed by atoms with Crippen LogP contribution in [-0.4, -0.2) is 9.55 Å². The normalized spacial score (nSPS) is 11.6. The molecule has 3 heterocycles. The fraction of sp³-hybridized carbons (Fsp3) is 0. The molecular weight excluding hydrogens is 424 g/mol. The number of benzene rings is 4. The Labute approximate surface area is 194 Å². The third-order valence-electron chi connectivity index (χ3n) is 6.08. The SMILES string of the molecule is c1ccc(Oc2cccc(-n3c4ccccc4c4c5sc6ccccc6c5ncc43)c2)cc1. The third-order valence-corrected chi connectivity index (χ3v) is 7.26. The van der Waals surface area contributed by atoms with Crippen LogP contribution in [0.1, 0.15) is 0 Å². The lowest BCUT2D eigenvalue weighted by atomic mass is 10.1. The van der Waals surface area contributed by atoms with Gasteiger partial charge in [-0.05, 0) is 36.4 Å². The summed E-state index contributed by atoms with van der Waals surface area (Å²) >= 11 is 1.82. The lowest BCUT2D eigenvalue weighted by molar-refractivity contribution is 0.482. The molecule has 0 saturated heterocycles. The van der Waals surface area contributed by atoms with Crippen LogP contribution in [0.25, 0.3) is 47.8 Å². The summed E-state index contributed by atoms with van der Waals surface area (Å²) in [5, 5.41) is 3.71. The van der Waals surface area contributed by atoms with Crippen LogP contribution in [0.3, 0.4) is 0 Å². The molecular formula is C29H18N2OS. The van der Waals surface area contributed by atoms with Crippen molar-refractivity contribution in [2.45, 2.75) is 0 Å². The standard InChI is InChI=1S/C29H18N2OS/c1-2-10-20(11-3-1)32-21-12-8-9-19(17-21)31-24-15-6-4-13-22(24)27-25(31)18-30-28-23-14-5-7-16-26(23)33-29(27)28/h1-18H. The highest BCUT2D eigenvalue weighted by molar-refractivity contribution is 7.26. The van der Waals surface area contributed by atoms with Gasteiger partial charge in [0.1, 0.15) is 11.5 Å². The summed E-state index contributed by atoms with van der Waals surface area (Å²) in [6.45, 7) is 0. The van der Waals surface area contributed by atoms with Gasteiger partial charge in [0, 0.05) is 32.6 Å². The number of rotatable bonds is 3. The highest BCUT2D eigenvalue weighted by Gasteiger charge is 2.18. The van der Waals surface area contributed by atoms with Crippen LogP contribution >= 0.6 is 11.3 Å². The fourth-order valence-electron chi connectivity index (χ4n) is 4.66. The lowest BCUT2D eigenvalue weighted by Gasteiger charge is -2.11. The molecule has 0 saturated carbocycles. The molecule has 7 rings (SSSR count). The van der Waals surface area contributed by atoms with Crippen molar-refractivity contribution in [2.24, 2.45) is 0 Å². The number of fused-ring (bicyclic) bond motifs is 7. The van der Waals surface area contributed by atoms with E-state index in [2.05, 4.69) is 65.2 Å². The molecule has 0 bridgehead atoms. The van der Waals surface area contributed by atoms with Crippen molar-refractivity contribution in [1.29, 1.82) is 0 Å². The quantitative estimate of drug-likeness (QED) is 0.275. The minimum Gasteiger partial charge on any atom is -0.457 e. The number of ether oxygens (including phenoxy) is 1. The van der Waals surface area contributed by atoms with E-state index in [-0.39, 0.29) is 0 Å². The third kappa shape index (κ3) is 2.85. The van der Waals surface area contributed by atoms with Crippen LogP contribution in [0.2, 0.25) is 0 Å². The Kier molecular flexibility index (Phi) is 4.01. The highest BCUT2D eigenvalue weighted by Crippen LogP contribution is 2.42. The average Bonchev–Trinajstić information content (AvgIpc) is 3.40. The van der Waals surface area contributed by atoms with Gasteiger partial charge in [0.25, 0.3) is 0 Å². The molecule has 33 heavy (non-hydrogen) atoms. The maximum Gasteiger partial charge on any atom is 0.129 e. The molecule has 3 aromatic heterocycles. The number of thiophene rings is 1. The zero-order valence-corrected chi connectivity index (χ0v) is 18.4. The summed E-state index contributed by atoms with van der Waals surface area (Å²) in [6.07, 6.45) is 2.02. The molecule has 0 spiro atoms. The van der Waals surface area contributed by atoms with Gasteiger partial charge in [0.2, 0.25) is 0 Å². The van der Waals surface area contributed by atoms with E-state index in [9.17, 15) is 0 Å². The maximum absolute atomic E-state index is 6.12. The second-order valence-electron chi connectivity index (χ2n) is 8.06. The van der Waals surface area contributed by atoms with E-state index in [1.165, 1.54) is 25.6 Å². The van der Waals surface area contributed by atoms with E-state index in [4.69, 9.17) is 9.72 Å². The van der Waals surface area contributed by atoms with Crippen LogP contribution in [0.15, 0.2) is 109 Å². The molecule has 0 N–H and O–H groups in total. The number of hydrogen-bond acceptors (Lipinski definition) is 3. The Morgan fingerprint density at radius 2 is 1.42 bits per heavy atom. The summed E-state index contributed by atoms with van der Waals surface area (Å²) in [4.78, 5) is 4.93. The Hall–Kier alpha value is -4.15. The van der Waals surface area contributed by atoms with Crippen molar-refractivity contribution >= 4 is 53.4 Å². The van der Waals surface area contributed by atoms with Crippen LogP contribution in [-0.2, 0) is 0 Å². The molecule has 7 aromatic rings. The molecule has 0 radical (unpaired) electrons. The average molecular weight is 443 g/mol. The first kappa shape index (κ1) is 18.4. The second kappa shape index (κ2) is 7.19. The summed E-state index contributed by atoms with van der Waals surface area (Å²) in [5.41, 5.74) is 4.40. The largest absolute Gasteiger partial charge is 0.457 e. The van der Waals surface area contributed by atoms with Crippen LogP contribution in [0, 0.1) is 0 Å². The molecule has 156 valence electrons. The van der Waals surface area contributed by atoms with E-state index in [1.807, 2.05) is 60.0 Å². The number of pyridine rings is 1. The van der Waals surface area contributed by atoms with Gasteiger partial charge in [-0.3, -0.25) is 4.98 Å². The van der Waals surface area contributed by atoms with Crippen molar-refractivity contribution in [3.05, 3.63) is 109 Å². The first-order valence-electron chi connectivity index (χ1n) is 10.9. The number of aromatic nitrogens is 2. The van der Waals surface area contributed by atoms with Gasteiger partial charge in [-0.25, -0.2) is 0 Å². The minimum absolute atomic E-state index is 0.806. The van der Waals surface area contributed by atoms with Crippen molar-refractivity contribution in [3.63, 3.8) is 0 Å². The van der Waals surface area contributed by atoms with E-state index in [0.717, 1.165) is 33.7 Å². The summed E-state index contributed by atoms with van der Waals surface area (Å²) in [7, 11) is 0. The molecule has 0 fully saturated rings. The van der Waals surface area contributed by atoms with Crippen molar-refractivity contribution < 1.29 is 4.74 Å². The molecule has 0 aliphatic heterocycles. The Morgan fingerprint density at radius 1 is 0.667 bits per heavy atom. The van der Waals surface area contributed by atoms with Gasteiger partial charge < -0.3 is 9.30 Å². The summed E-state index contributed by atoms with van der Waals surface area (Å²) in [5.74, 6) is 1.63. The molecule has 4 heteroatoms. The monoisotopic (exact) mass is 442 g/mol. The fourth-order valence-corrected chi connectivity index (χ4v) is 5.88. The number of nitrogens with zero attached hydrogens (tertiary/aromatic N) is 2. The molecule has 0 aliphatic carbocycles. The van der Waals surface area contributed by atoms with Gasteiger partial charge in [-0.2, -0.15) is 0 Å². The van der Waals surface area contributed by atoms with Crippen LogP contribution in [0.5, 0.6) is 11.5 Å². The maximum atomic E-state index is 6.12. The summed E-state index contributed by atoms with van der Waals surface area (Å²) < 4.78 is 10.9. The van der Waals surface area contributed by atoms with Gasteiger partial charge in [-0.1, -0.05) is 60.7 Å². The van der Waals surface area contributed by atoms with E-state index in [0.29, 0.717) is 0 Å². The highest BCUT2D eigenvalue weighted by atomic mass is 32.1. The van der Waals surface area contributed by atoms with Crippen LogP contribution < -0.4 is 4.74 Å². The molecule has 0 unspecified atom stereocenters. The summed E-state index contributed by atoms with van der Waals surface area (Å²) in [6, 6.07) is 35.3. The predicted molar refractivity (Wildman–Crippen MR) is 138 cm³/mol. The second-order valence-corrected chi connectivity index (χ2v) is 9.11. The predicted octanol–water partition coefficient (Wildman–Crippen LogP) is 8.34.